The van der Waals surface area contributed by atoms with E-state index in [1.165, 1.54) is 11.3 Å². The minimum atomic E-state index is 0.834. The lowest BCUT2D eigenvalue weighted by atomic mass is 10.2. The summed E-state index contributed by atoms with van der Waals surface area (Å²) in [5.74, 6) is 0.834. The van der Waals surface area contributed by atoms with E-state index < -0.39 is 0 Å². The summed E-state index contributed by atoms with van der Waals surface area (Å²) in [6.45, 7) is 7.03. The number of pyridine rings is 1. The number of aromatic nitrogens is 3. The van der Waals surface area contributed by atoms with E-state index in [2.05, 4.69) is 37.7 Å². The molecule has 0 spiro atoms. The van der Waals surface area contributed by atoms with Crippen molar-refractivity contribution in [3.05, 3.63) is 48.0 Å². The van der Waals surface area contributed by atoms with Crippen molar-refractivity contribution in [2.45, 2.75) is 13.5 Å². The van der Waals surface area contributed by atoms with Gasteiger partial charge in [0.2, 0.25) is 5.95 Å². The highest BCUT2D eigenvalue weighted by Gasteiger charge is 2.19. The van der Waals surface area contributed by atoms with Crippen LogP contribution < -0.4 is 4.90 Å². The van der Waals surface area contributed by atoms with Gasteiger partial charge in [0.05, 0.1) is 5.69 Å². The van der Waals surface area contributed by atoms with Gasteiger partial charge < -0.3 is 4.90 Å². The largest absolute Gasteiger partial charge is 0.338 e. The molecule has 3 rings (SSSR count). The van der Waals surface area contributed by atoms with E-state index in [0.29, 0.717) is 0 Å². The van der Waals surface area contributed by atoms with Crippen LogP contribution in [0.4, 0.5) is 5.95 Å². The molecule has 104 valence electrons. The Kier molecular flexibility index (Phi) is 3.87. The number of rotatable bonds is 3. The molecule has 0 bridgehead atoms. The van der Waals surface area contributed by atoms with Crippen LogP contribution in [-0.4, -0.2) is 46.0 Å². The molecule has 0 radical (unpaired) electrons. The highest BCUT2D eigenvalue weighted by molar-refractivity contribution is 5.29. The highest BCUT2D eigenvalue weighted by Crippen LogP contribution is 2.13. The number of piperazine rings is 1. The molecular weight excluding hydrogens is 250 g/mol. The van der Waals surface area contributed by atoms with Crippen LogP contribution in [0.1, 0.15) is 11.3 Å². The lowest BCUT2D eigenvalue weighted by Gasteiger charge is -2.34. The van der Waals surface area contributed by atoms with Gasteiger partial charge in [0.1, 0.15) is 0 Å². The summed E-state index contributed by atoms with van der Waals surface area (Å²) in [7, 11) is 0. The average molecular weight is 269 g/mol. The minimum Gasteiger partial charge on any atom is -0.338 e. The lowest BCUT2D eigenvalue weighted by molar-refractivity contribution is 0.245. The third kappa shape index (κ3) is 2.93. The Labute approximate surface area is 119 Å². The van der Waals surface area contributed by atoms with Gasteiger partial charge in [-0.25, -0.2) is 9.97 Å². The Hall–Kier alpha value is -2.01. The summed E-state index contributed by atoms with van der Waals surface area (Å²) in [6, 6.07) is 5.96. The fourth-order valence-corrected chi connectivity index (χ4v) is 2.46. The molecule has 2 aromatic heterocycles. The van der Waals surface area contributed by atoms with Crippen molar-refractivity contribution in [3.63, 3.8) is 0 Å². The predicted molar refractivity (Wildman–Crippen MR) is 78.5 cm³/mol. The normalized spacial score (nSPS) is 16.4. The van der Waals surface area contributed by atoms with E-state index >= 15 is 0 Å². The van der Waals surface area contributed by atoms with E-state index in [4.69, 9.17) is 0 Å². The minimum absolute atomic E-state index is 0.834. The highest BCUT2D eigenvalue weighted by atomic mass is 15.3. The summed E-state index contributed by atoms with van der Waals surface area (Å²) >= 11 is 0. The van der Waals surface area contributed by atoms with Crippen LogP contribution in [-0.2, 0) is 6.54 Å². The molecule has 5 heteroatoms. The molecule has 1 aliphatic rings. The van der Waals surface area contributed by atoms with Gasteiger partial charge in [-0.1, -0.05) is 6.07 Å². The Bertz CT molecular complexity index is 549. The molecule has 0 unspecified atom stereocenters. The standard InChI is InChI=1S/C15H19N5/c1-13-4-2-5-16-14(13)12-19-8-10-20(11-9-19)15-17-6-3-7-18-15/h2-7H,8-12H2,1H3. The average Bonchev–Trinajstić information content (AvgIpc) is 2.51. The van der Waals surface area contributed by atoms with Gasteiger partial charge in [-0.15, -0.1) is 0 Å². The van der Waals surface area contributed by atoms with Crippen LogP contribution in [0.2, 0.25) is 0 Å². The molecule has 5 nitrogen and oxygen atoms in total. The Morgan fingerprint density at radius 3 is 2.35 bits per heavy atom. The van der Waals surface area contributed by atoms with Gasteiger partial charge >= 0.3 is 0 Å². The Balaban J connectivity index is 1.58. The second-order valence-electron chi connectivity index (χ2n) is 5.08. The summed E-state index contributed by atoms with van der Waals surface area (Å²) < 4.78 is 0. The van der Waals surface area contributed by atoms with Crippen molar-refractivity contribution in [1.29, 1.82) is 0 Å². The van der Waals surface area contributed by atoms with Crippen LogP contribution in [0.15, 0.2) is 36.8 Å². The van der Waals surface area contributed by atoms with E-state index in [1.807, 2.05) is 18.3 Å². The fourth-order valence-electron chi connectivity index (χ4n) is 2.46. The molecular formula is C15H19N5. The number of hydrogen-bond donors (Lipinski definition) is 0. The van der Waals surface area contributed by atoms with Crippen molar-refractivity contribution in [3.8, 4) is 0 Å². The smallest absolute Gasteiger partial charge is 0.225 e. The van der Waals surface area contributed by atoms with E-state index in [0.717, 1.165) is 38.7 Å². The van der Waals surface area contributed by atoms with E-state index in [1.54, 1.807) is 12.4 Å². The van der Waals surface area contributed by atoms with Crippen molar-refractivity contribution in [2.24, 2.45) is 0 Å². The van der Waals surface area contributed by atoms with Crippen molar-refractivity contribution >= 4 is 5.95 Å². The van der Waals surface area contributed by atoms with Crippen molar-refractivity contribution < 1.29 is 0 Å². The Morgan fingerprint density at radius 2 is 1.65 bits per heavy atom. The van der Waals surface area contributed by atoms with Gasteiger partial charge in [0, 0.05) is 51.3 Å². The maximum atomic E-state index is 4.47. The number of aryl methyl sites for hydroxylation is 1. The van der Waals surface area contributed by atoms with Crippen LogP contribution in [0.25, 0.3) is 0 Å². The molecule has 0 atom stereocenters. The van der Waals surface area contributed by atoms with Crippen LogP contribution in [0.3, 0.4) is 0 Å². The van der Waals surface area contributed by atoms with Crippen molar-refractivity contribution in [2.75, 3.05) is 31.1 Å². The molecule has 0 N–H and O–H groups in total. The van der Waals surface area contributed by atoms with Gasteiger partial charge in [-0.05, 0) is 24.6 Å². The third-order valence-corrected chi connectivity index (χ3v) is 3.70. The van der Waals surface area contributed by atoms with E-state index in [9.17, 15) is 0 Å². The zero-order chi connectivity index (χ0) is 13.8. The van der Waals surface area contributed by atoms with Crippen molar-refractivity contribution in [1.82, 2.24) is 19.9 Å². The molecule has 0 saturated carbocycles. The third-order valence-electron chi connectivity index (χ3n) is 3.70. The first kappa shape index (κ1) is 13.0. The molecule has 3 heterocycles. The molecule has 1 saturated heterocycles. The SMILES string of the molecule is Cc1cccnc1CN1CCN(c2ncccn2)CC1. The van der Waals surface area contributed by atoms with Gasteiger partial charge in [-0.2, -0.15) is 0 Å². The zero-order valence-corrected chi connectivity index (χ0v) is 11.7. The molecule has 1 fully saturated rings. The van der Waals surface area contributed by atoms with Crippen LogP contribution in [0, 0.1) is 6.92 Å². The first-order valence-electron chi connectivity index (χ1n) is 6.98. The summed E-state index contributed by atoms with van der Waals surface area (Å²) in [6.07, 6.45) is 5.47. The van der Waals surface area contributed by atoms with Crippen LogP contribution in [0.5, 0.6) is 0 Å². The van der Waals surface area contributed by atoms with Gasteiger partial charge in [0.15, 0.2) is 0 Å². The summed E-state index contributed by atoms with van der Waals surface area (Å²) in [5.41, 5.74) is 2.44. The first-order valence-corrected chi connectivity index (χ1v) is 6.98. The number of anilines is 1. The second kappa shape index (κ2) is 5.96. The quantitative estimate of drug-likeness (QED) is 0.845. The maximum absolute atomic E-state index is 4.47. The van der Waals surface area contributed by atoms with Gasteiger partial charge in [-0.3, -0.25) is 9.88 Å². The topological polar surface area (TPSA) is 45.2 Å². The molecule has 1 aliphatic heterocycles. The molecule has 2 aromatic rings. The fraction of sp³-hybridized carbons (Fsp3) is 0.400. The number of nitrogens with zero attached hydrogens (tertiary/aromatic N) is 5. The van der Waals surface area contributed by atoms with Crippen LogP contribution >= 0.6 is 0 Å². The molecule has 0 amide bonds. The monoisotopic (exact) mass is 269 g/mol. The maximum Gasteiger partial charge on any atom is 0.225 e. The zero-order valence-electron chi connectivity index (χ0n) is 11.7. The molecule has 20 heavy (non-hydrogen) atoms. The Morgan fingerprint density at radius 1 is 0.950 bits per heavy atom. The van der Waals surface area contributed by atoms with E-state index in [-0.39, 0.29) is 0 Å². The number of hydrogen-bond acceptors (Lipinski definition) is 5. The second-order valence-corrected chi connectivity index (χ2v) is 5.08. The lowest BCUT2D eigenvalue weighted by Crippen LogP contribution is -2.46. The molecule has 0 aliphatic carbocycles. The summed E-state index contributed by atoms with van der Waals surface area (Å²) in [5, 5.41) is 0. The first-order chi connectivity index (χ1) is 9.83. The molecule has 0 aromatic carbocycles. The summed E-state index contributed by atoms with van der Waals surface area (Å²) in [4.78, 5) is 17.8. The van der Waals surface area contributed by atoms with Gasteiger partial charge in [0.25, 0.3) is 0 Å². The predicted octanol–water partition coefficient (Wildman–Crippen LogP) is 1.50.